The molecule has 1 amide bonds. The molecule has 3 aromatic rings. The molecule has 0 fully saturated rings. The summed E-state index contributed by atoms with van der Waals surface area (Å²) in [4.78, 5) is 25.4. The minimum absolute atomic E-state index is 0.233. The summed E-state index contributed by atoms with van der Waals surface area (Å²) < 4.78 is 39.1. The summed E-state index contributed by atoms with van der Waals surface area (Å²) in [5.74, 6) is -1.77. The lowest BCUT2D eigenvalue weighted by atomic mass is 10.0. The Morgan fingerprint density at radius 2 is 1.50 bits per heavy atom. The Morgan fingerprint density at radius 3 is 2.17 bits per heavy atom. The number of ketones is 1. The highest BCUT2D eigenvalue weighted by Gasteiger charge is 2.24. The van der Waals surface area contributed by atoms with E-state index in [1.54, 1.807) is 54.6 Å². The van der Waals surface area contributed by atoms with E-state index in [0.29, 0.717) is 9.87 Å². The number of amides is 1. The van der Waals surface area contributed by atoms with Crippen LogP contribution in [0.25, 0.3) is 0 Å². The van der Waals surface area contributed by atoms with E-state index < -0.39 is 28.3 Å². The highest BCUT2D eigenvalue weighted by Crippen LogP contribution is 2.23. The first kappa shape index (κ1) is 21.2. The molecule has 0 bridgehead atoms. The number of hydrogen-bond acceptors (Lipinski definition) is 4. The van der Waals surface area contributed by atoms with Crippen LogP contribution in [-0.2, 0) is 14.8 Å². The van der Waals surface area contributed by atoms with Crippen LogP contribution in [0, 0.1) is 5.82 Å². The quantitative estimate of drug-likeness (QED) is 0.587. The van der Waals surface area contributed by atoms with Crippen molar-refractivity contribution in [3.05, 3.63) is 95.8 Å². The number of carbonyl (C=O) groups excluding carboxylic acids is 2. The van der Waals surface area contributed by atoms with Crippen LogP contribution >= 0.6 is 0 Å². The van der Waals surface area contributed by atoms with Crippen molar-refractivity contribution in [3.8, 4) is 0 Å². The van der Waals surface area contributed by atoms with Crippen LogP contribution in [0.15, 0.2) is 78.9 Å². The molecule has 0 atom stereocenters. The smallest absolute Gasteiger partial charge is 0.245 e. The molecule has 0 spiro atoms. The van der Waals surface area contributed by atoms with Gasteiger partial charge in [-0.15, -0.1) is 0 Å². The Balaban J connectivity index is 1.86. The molecule has 0 radical (unpaired) electrons. The third-order valence-corrected chi connectivity index (χ3v) is 5.42. The molecule has 154 valence electrons. The van der Waals surface area contributed by atoms with E-state index >= 15 is 0 Å². The number of nitrogens with one attached hydrogen (secondary N) is 1. The van der Waals surface area contributed by atoms with Crippen LogP contribution < -0.4 is 9.62 Å². The molecule has 3 aromatic carbocycles. The normalized spacial score (nSPS) is 11.0. The molecule has 0 aliphatic carbocycles. The second-order valence-electron chi connectivity index (χ2n) is 6.51. The molecule has 30 heavy (non-hydrogen) atoms. The predicted octanol–water partition coefficient (Wildman–Crippen LogP) is 3.46. The van der Waals surface area contributed by atoms with E-state index in [1.807, 2.05) is 0 Å². The van der Waals surface area contributed by atoms with E-state index in [9.17, 15) is 22.4 Å². The summed E-state index contributed by atoms with van der Waals surface area (Å²) in [5, 5.41) is 2.56. The van der Waals surface area contributed by atoms with Crippen molar-refractivity contribution in [1.29, 1.82) is 0 Å². The van der Waals surface area contributed by atoms with Gasteiger partial charge in [-0.2, -0.15) is 0 Å². The average Bonchev–Trinajstić information content (AvgIpc) is 2.72. The molecule has 0 aliphatic rings. The van der Waals surface area contributed by atoms with Crippen LogP contribution in [0.1, 0.15) is 15.9 Å². The van der Waals surface area contributed by atoms with Crippen molar-refractivity contribution in [2.75, 3.05) is 22.4 Å². The molecular formula is C22H19FN2O4S. The van der Waals surface area contributed by atoms with Gasteiger partial charge >= 0.3 is 0 Å². The molecule has 6 nitrogen and oxygen atoms in total. The van der Waals surface area contributed by atoms with Crippen LogP contribution in [0.3, 0.4) is 0 Å². The van der Waals surface area contributed by atoms with Crippen molar-refractivity contribution in [2.24, 2.45) is 0 Å². The summed E-state index contributed by atoms with van der Waals surface area (Å²) in [6.45, 7) is -0.645. The highest BCUT2D eigenvalue weighted by atomic mass is 32.2. The van der Waals surface area contributed by atoms with Gasteiger partial charge in [0.15, 0.2) is 5.78 Å². The lowest BCUT2D eigenvalue weighted by Crippen LogP contribution is -2.38. The van der Waals surface area contributed by atoms with Gasteiger partial charge in [-0.25, -0.2) is 12.8 Å². The molecule has 0 unspecified atom stereocenters. The van der Waals surface area contributed by atoms with Crippen molar-refractivity contribution >= 4 is 33.1 Å². The fourth-order valence-corrected chi connectivity index (χ4v) is 3.75. The van der Waals surface area contributed by atoms with E-state index in [4.69, 9.17) is 0 Å². The number of nitrogens with zero attached hydrogens (tertiary/aromatic N) is 1. The highest BCUT2D eigenvalue weighted by molar-refractivity contribution is 7.92. The summed E-state index contributed by atoms with van der Waals surface area (Å²) in [6, 6.07) is 20.2. The summed E-state index contributed by atoms with van der Waals surface area (Å²) in [6.07, 6.45) is 0.888. The summed E-state index contributed by atoms with van der Waals surface area (Å²) >= 11 is 0. The zero-order valence-corrected chi connectivity index (χ0v) is 16.9. The second-order valence-corrected chi connectivity index (χ2v) is 8.42. The molecule has 0 saturated heterocycles. The lowest BCUT2D eigenvalue weighted by Gasteiger charge is -2.22. The van der Waals surface area contributed by atoms with Gasteiger partial charge in [0.1, 0.15) is 12.4 Å². The first-order valence-corrected chi connectivity index (χ1v) is 10.8. The minimum Gasteiger partial charge on any atom is -0.324 e. The second kappa shape index (κ2) is 8.87. The largest absolute Gasteiger partial charge is 0.324 e. The Labute approximate surface area is 174 Å². The molecule has 0 aliphatic heterocycles. The first-order valence-electron chi connectivity index (χ1n) is 8.98. The van der Waals surface area contributed by atoms with Gasteiger partial charge < -0.3 is 5.32 Å². The Kier molecular flexibility index (Phi) is 6.27. The zero-order chi connectivity index (χ0) is 21.7. The Bertz CT molecular complexity index is 1180. The Hall–Kier alpha value is -3.52. The first-order chi connectivity index (χ1) is 14.3. The van der Waals surface area contributed by atoms with Gasteiger partial charge in [0.2, 0.25) is 15.9 Å². The number of hydrogen-bond donors (Lipinski definition) is 1. The molecule has 3 rings (SSSR count). The molecular weight excluding hydrogens is 407 g/mol. The maximum Gasteiger partial charge on any atom is 0.245 e. The van der Waals surface area contributed by atoms with Gasteiger partial charge in [-0.05, 0) is 24.3 Å². The number of halogens is 1. The molecule has 1 N–H and O–H groups in total. The van der Waals surface area contributed by atoms with Crippen LogP contribution in [-0.4, -0.2) is 32.9 Å². The van der Waals surface area contributed by atoms with Gasteiger partial charge in [-0.1, -0.05) is 54.6 Å². The topological polar surface area (TPSA) is 83.6 Å². The monoisotopic (exact) mass is 426 g/mol. The predicted molar refractivity (Wildman–Crippen MR) is 114 cm³/mol. The number of carbonyl (C=O) groups is 2. The fraction of sp³-hybridized carbons (Fsp3) is 0.0909. The van der Waals surface area contributed by atoms with Crippen LogP contribution in [0.4, 0.5) is 15.8 Å². The number of rotatable bonds is 7. The van der Waals surface area contributed by atoms with E-state index in [-0.39, 0.29) is 22.7 Å². The van der Waals surface area contributed by atoms with E-state index in [1.165, 1.54) is 18.2 Å². The van der Waals surface area contributed by atoms with Crippen LogP contribution in [0.5, 0.6) is 0 Å². The molecule has 0 saturated carbocycles. The number of benzene rings is 3. The van der Waals surface area contributed by atoms with Crippen molar-refractivity contribution in [3.63, 3.8) is 0 Å². The zero-order valence-electron chi connectivity index (χ0n) is 16.1. The maximum atomic E-state index is 14.1. The van der Waals surface area contributed by atoms with Crippen molar-refractivity contribution in [1.82, 2.24) is 0 Å². The standard InChI is InChI=1S/C22H19FN2O4S/c1-30(28,29)25(20-14-8-6-12-18(20)23)15-21(26)24-19-13-7-5-11-17(19)22(27)16-9-3-2-4-10-16/h2-14H,15H2,1H3,(H,24,26). The van der Waals surface area contributed by atoms with Crippen molar-refractivity contribution in [2.45, 2.75) is 0 Å². The third kappa shape index (κ3) is 4.90. The van der Waals surface area contributed by atoms with E-state index in [2.05, 4.69) is 5.32 Å². The summed E-state index contributed by atoms with van der Waals surface area (Å²) in [7, 11) is -3.93. The van der Waals surface area contributed by atoms with Gasteiger partial charge in [0.25, 0.3) is 0 Å². The third-order valence-electron chi connectivity index (χ3n) is 4.29. The van der Waals surface area contributed by atoms with Gasteiger partial charge in [0, 0.05) is 11.1 Å². The fourth-order valence-electron chi connectivity index (χ4n) is 2.89. The average molecular weight is 426 g/mol. The molecule has 0 aromatic heterocycles. The van der Waals surface area contributed by atoms with Crippen molar-refractivity contribution < 1.29 is 22.4 Å². The van der Waals surface area contributed by atoms with Gasteiger partial charge in [-0.3, -0.25) is 13.9 Å². The molecule has 0 heterocycles. The van der Waals surface area contributed by atoms with E-state index in [0.717, 1.165) is 12.3 Å². The van der Waals surface area contributed by atoms with Gasteiger partial charge in [0.05, 0.1) is 17.6 Å². The van der Waals surface area contributed by atoms with Crippen LogP contribution in [0.2, 0.25) is 0 Å². The molecule has 8 heteroatoms. The maximum absolute atomic E-state index is 14.1. The minimum atomic E-state index is -3.93. The Morgan fingerprint density at radius 1 is 0.900 bits per heavy atom. The number of para-hydroxylation sites is 2. The summed E-state index contributed by atoms with van der Waals surface area (Å²) in [5.41, 5.74) is 0.708. The number of anilines is 2. The lowest BCUT2D eigenvalue weighted by molar-refractivity contribution is -0.114. The SMILES string of the molecule is CS(=O)(=O)N(CC(=O)Nc1ccccc1C(=O)c1ccccc1)c1ccccc1F. The number of sulfonamides is 1.